The number of hydrogen-bond acceptors (Lipinski definition) is 10. The molecule has 11 atom stereocenters. The van der Waals surface area contributed by atoms with Crippen LogP contribution >= 0.6 is 0 Å². The summed E-state index contributed by atoms with van der Waals surface area (Å²) in [7, 11) is 0. The predicted octanol–water partition coefficient (Wildman–Crippen LogP) is 5.62. The fourth-order valence-corrected chi connectivity index (χ4v) is 11.0. The molecule has 10 heteroatoms. The van der Waals surface area contributed by atoms with E-state index >= 15 is 0 Å². The largest absolute Gasteiger partial charge is 0.462 e. The first-order chi connectivity index (χ1) is 22.2. The molecule has 10 nitrogen and oxygen atoms in total. The van der Waals surface area contributed by atoms with E-state index in [1.807, 2.05) is 33.8 Å². The Labute approximate surface area is 286 Å². The monoisotopic (exact) mass is 674 g/mol. The van der Waals surface area contributed by atoms with Crippen LogP contribution in [0, 0.1) is 39.4 Å². The standard InChI is InChI=1S/C38H58O10/c1-20(2)12-13-27(45-22(4)40)21(3)32-26(44)17-37(11)34-28(46-23(5)41)16-30-35(8,9)31(48-25(7)43)14-15-36(30,10)33(34)29(47-24(6)42)18-38(32,37)19-39/h12,21,26-32,39,44H,13-19H2,1-11H3/t21-,26+,27+,28-,29+,30+,31+,32+,36+,37+,38+/m1/s1. The van der Waals surface area contributed by atoms with E-state index in [0.717, 1.165) is 16.7 Å². The molecule has 0 aromatic rings. The number of allylic oxidation sites excluding steroid dienone is 1. The highest BCUT2D eigenvalue weighted by atomic mass is 16.6. The molecule has 2 saturated carbocycles. The zero-order chi connectivity index (χ0) is 36.1. The minimum Gasteiger partial charge on any atom is -0.462 e. The molecule has 0 aromatic heterocycles. The maximum absolute atomic E-state index is 12.9. The molecule has 0 spiro atoms. The van der Waals surface area contributed by atoms with E-state index in [2.05, 4.69) is 20.8 Å². The Morgan fingerprint density at radius 2 is 1.44 bits per heavy atom. The summed E-state index contributed by atoms with van der Waals surface area (Å²) >= 11 is 0. The van der Waals surface area contributed by atoms with Crippen molar-refractivity contribution in [2.75, 3.05) is 6.61 Å². The molecule has 0 aromatic carbocycles. The number of aliphatic hydroxyl groups is 2. The summed E-state index contributed by atoms with van der Waals surface area (Å²) in [4.78, 5) is 50.1. The molecule has 4 rings (SSSR count). The predicted molar refractivity (Wildman–Crippen MR) is 178 cm³/mol. The van der Waals surface area contributed by atoms with Crippen molar-refractivity contribution in [3.63, 3.8) is 0 Å². The molecule has 270 valence electrons. The lowest BCUT2D eigenvalue weighted by Crippen LogP contribution is -2.63. The van der Waals surface area contributed by atoms with Crippen molar-refractivity contribution in [3.8, 4) is 0 Å². The van der Waals surface area contributed by atoms with Gasteiger partial charge in [0.2, 0.25) is 0 Å². The van der Waals surface area contributed by atoms with Crippen molar-refractivity contribution < 1.29 is 48.3 Å². The SMILES string of the molecule is CC(=O)O[C@H]1C[C@]2(CO)[C@@H]([C@H](C)[C@H](CC=C(C)C)OC(C)=O)[C@@H](O)C[C@@]2(C)C2=C1[C@@]1(C)CC[C@H](OC(C)=O)C(C)(C)[C@@H]1C[C@H]2OC(C)=O. The number of rotatable bonds is 9. The molecule has 0 bridgehead atoms. The van der Waals surface area contributed by atoms with Crippen LogP contribution in [0.5, 0.6) is 0 Å². The molecule has 0 saturated heterocycles. The van der Waals surface area contributed by atoms with Gasteiger partial charge in [-0.15, -0.1) is 0 Å². The van der Waals surface area contributed by atoms with Crippen LogP contribution in [-0.2, 0) is 38.1 Å². The number of hydrogen-bond donors (Lipinski definition) is 2. The van der Waals surface area contributed by atoms with Gasteiger partial charge in [-0.25, -0.2) is 0 Å². The first-order valence-electron chi connectivity index (χ1n) is 17.5. The molecule has 0 heterocycles. The molecule has 2 N–H and O–H groups in total. The van der Waals surface area contributed by atoms with Crippen molar-refractivity contribution in [2.45, 2.75) is 145 Å². The molecule has 0 radical (unpaired) electrons. The molecular weight excluding hydrogens is 616 g/mol. The summed E-state index contributed by atoms with van der Waals surface area (Å²) in [5.74, 6) is -2.77. The first kappa shape index (κ1) is 38.1. The summed E-state index contributed by atoms with van der Waals surface area (Å²) in [6.07, 6.45) is 1.34. The molecule has 4 aliphatic rings. The van der Waals surface area contributed by atoms with Crippen LogP contribution in [0.4, 0.5) is 0 Å². The van der Waals surface area contributed by atoms with Crippen molar-refractivity contribution in [1.29, 1.82) is 0 Å². The van der Waals surface area contributed by atoms with Crippen LogP contribution in [0.25, 0.3) is 0 Å². The van der Waals surface area contributed by atoms with Gasteiger partial charge in [0.25, 0.3) is 0 Å². The van der Waals surface area contributed by atoms with E-state index in [0.29, 0.717) is 25.7 Å². The average molecular weight is 675 g/mol. The van der Waals surface area contributed by atoms with E-state index < -0.39 is 69.9 Å². The van der Waals surface area contributed by atoms with Crippen LogP contribution < -0.4 is 0 Å². The first-order valence-corrected chi connectivity index (χ1v) is 17.5. The highest BCUT2D eigenvalue weighted by Crippen LogP contribution is 2.73. The van der Waals surface area contributed by atoms with Gasteiger partial charge in [-0.1, -0.05) is 46.3 Å². The van der Waals surface area contributed by atoms with Gasteiger partial charge >= 0.3 is 23.9 Å². The third-order valence-corrected chi connectivity index (χ3v) is 12.8. The van der Waals surface area contributed by atoms with Crippen LogP contribution in [0.3, 0.4) is 0 Å². The highest BCUT2D eigenvalue weighted by molar-refractivity contribution is 5.68. The number of aliphatic hydroxyl groups excluding tert-OH is 2. The number of carbonyl (C=O) groups is 4. The zero-order valence-electron chi connectivity index (χ0n) is 30.8. The van der Waals surface area contributed by atoms with Crippen molar-refractivity contribution >= 4 is 23.9 Å². The molecule has 2 fully saturated rings. The van der Waals surface area contributed by atoms with E-state index in [1.165, 1.54) is 27.7 Å². The quantitative estimate of drug-likeness (QED) is 0.180. The van der Waals surface area contributed by atoms with Gasteiger partial charge in [-0.3, -0.25) is 19.2 Å². The normalized spacial score (nSPS) is 37.9. The minimum absolute atomic E-state index is 0.118. The van der Waals surface area contributed by atoms with Gasteiger partial charge in [0.05, 0.1) is 12.7 Å². The lowest BCUT2D eigenvalue weighted by Gasteiger charge is -2.64. The van der Waals surface area contributed by atoms with E-state index in [1.54, 1.807) is 0 Å². The van der Waals surface area contributed by atoms with Gasteiger partial charge in [-0.2, -0.15) is 0 Å². The third kappa shape index (κ3) is 6.36. The Kier molecular flexibility index (Phi) is 10.7. The van der Waals surface area contributed by atoms with Crippen molar-refractivity contribution in [3.05, 3.63) is 22.8 Å². The zero-order valence-corrected chi connectivity index (χ0v) is 30.8. The number of esters is 4. The van der Waals surface area contributed by atoms with E-state index in [-0.39, 0.29) is 43.4 Å². The highest BCUT2D eigenvalue weighted by Gasteiger charge is 2.72. The summed E-state index contributed by atoms with van der Waals surface area (Å²) in [5.41, 5.74) is -0.161. The third-order valence-electron chi connectivity index (χ3n) is 12.8. The lowest BCUT2D eigenvalue weighted by atomic mass is 9.42. The van der Waals surface area contributed by atoms with Gasteiger partial charge < -0.3 is 29.2 Å². The maximum atomic E-state index is 12.9. The molecule has 48 heavy (non-hydrogen) atoms. The fourth-order valence-electron chi connectivity index (χ4n) is 11.0. The van der Waals surface area contributed by atoms with Gasteiger partial charge in [-0.05, 0) is 80.3 Å². The Morgan fingerprint density at radius 1 is 0.854 bits per heavy atom. The molecule has 0 unspecified atom stereocenters. The molecule has 0 aliphatic heterocycles. The van der Waals surface area contributed by atoms with Gasteiger partial charge in [0, 0.05) is 50.4 Å². The van der Waals surface area contributed by atoms with E-state index in [9.17, 15) is 29.4 Å². The van der Waals surface area contributed by atoms with Gasteiger partial charge in [0.1, 0.15) is 24.4 Å². The van der Waals surface area contributed by atoms with Crippen LogP contribution in [0.1, 0.15) is 115 Å². The Bertz CT molecular complexity index is 1360. The summed E-state index contributed by atoms with van der Waals surface area (Å²) in [6.45, 7) is 19.5. The topological polar surface area (TPSA) is 146 Å². The molecule has 4 aliphatic carbocycles. The maximum Gasteiger partial charge on any atom is 0.303 e. The Hall–Kier alpha value is -2.72. The smallest absolute Gasteiger partial charge is 0.303 e. The summed E-state index contributed by atoms with van der Waals surface area (Å²) in [5, 5.41) is 23.7. The van der Waals surface area contributed by atoms with Crippen molar-refractivity contribution in [1.82, 2.24) is 0 Å². The minimum atomic E-state index is -1.01. The number of fused-ring (bicyclic) bond motifs is 4. The Balaban J connectivity index is 1.98. The fraction of sp³-hybridized carbons (Fsp3) is 0.789. The Morgan fingerprint density at radius 3 is 1.96 bits per heavy atom. The van der Waals surface area contributed by atoms with Gasteiger partial charge in [0.15, 0.2) is 0 Å². The van der Waals surface area contributed by atoms with Crippen LogP contribution in [0.15, 0.2) is 22.8 Å². The average Bonchev–Trinajstić information content (AvgIpc) is 3.18. The number of ether oxygens (including phenoxy) is 4. The molecule has 0 amide bonds. The summed E-state index contributed by atoms with van der Waals surface area (Å²) in [6, 6.07) is 0. The van der Waals surface area contributed by atoms with E-state index in [4.69, 9.17) is 18.9 Å². The second-order valence-electron chi connectivity index (χ2n) is 16.4. The number of carbonyl (C=O) groups excluding carboxylic acids is 4. The summed E-state index contributed by atoms with van der Waals surface area (Å²) < 4.78 is 24.1. The van der Waals surface area contributed by atoms with Crippen LogP contribution in [0.2, 0.25) is 0 Å². The molecular formula is C38H58O10. The van der Waals surface area contributed by atoms with Crippen LogP contribution in [-0.4, -0.2) is 71.2 Å². The second kappa shape index (κ2) is 13.5. The van der Waals surface area contributed by atoms with Crippen molar-refractivity contribution in [2.24, 2.45) is 39.4 Å². The second-order valence-corrected chi connectivity index (χ2v) is 16.4. The lowest BCUT2D eigenvalue weighted by molar-refractivity contribution is -0.181.